The van der Waals surface area contributed by atoms with Gasteiger partial charge in [0.25, 0.3) is 0 Å². The molecule has 0 spiro atoms. The standard InChI is InChI=1S/C25H30N4O4/c1-23-10-14-12-28-29(16-6-8-26-27-13-16)19(14)9-15(23)3-4-17-18-5-7-25(33,22(31)32)24(18,2)11-20(30)21(17)23/h6,8-9,12-13,17-18,20-21,30,33H,3-5,7,10-11H2,1-2H3,(H,31,32)/t17-,18-,20-,21?,23-,24-,25-/m0/s1. The van der Waals surface area contributed by atoms with E-state index >= 15 is 0 Å². The molecule has 174 valence electrons. The van der Waals surface area contributed by atoms with Gasteiger partial charge in [0.1, 0.15) is 0 Å². The van der Waals surface area contributed by atoms with Crippen LogP contribution < -0.4 is 0 Å². The molecule has 6 rings (SSSR count). The highest BCUT2D eigenvalue weighted by Gasteiger charge is 2.68. The van der Waals surface area contributed by atoms with Crippen molar-refractivity contribution in [2.75, 3.05) is 0 Å². The van der Waals surface area contributed by atoms with E-state index in [4.69, 9.17) is 0 Å². The maximum absolute atomic E-state index is 12.0. The SMILES string of the molecule is C[C@]12Cc3cnn(-c4ccnnc4)c3C=C1CC[C@@H]1C2[C@@H](O)C[C@@]2(C)[C@H]1CC[C@]2(O)C(=O)O. The van der Waals surface area contributed by atoms with Crippen LogP contribution in [0, 0.1) is 28.6 Å². The van der Waals surface area contributed by atoms with E-state index in [1.54, 1.807) is 12.4 Å². The molecular weight excluding hydrogens is 420 g/mol. The first-order chi connectivity index (χ1) is 15.7. The van der Waals surface area contributed by atoms with Crippen LogP contribution in [0.4, 0.5) is 0 Å². The van der Waals surface area contributed by atoms with Gasteiger partial charge in [0, 0.05) is 5.41 Å². The maximum Gasteiger partial charge on any atom is 0.336 e. The van der Waals surface area contributed by atoms with E-state index in [1.807, 2.05) is 23.9 Å². The van der Waals surface area contributed by atoms with E-state index in [0.717, 1.165) is 36.2 Å². The van der Waals surface area contributed by atoms with Gasteiger partial charge in [-0.1, -0.05) is 19.4 Å². The number of aromatic nitrogens is 4. The molecule has 8 heteroatoms. The molecule has 3 N–H and O–H groups in total. The van der Waals surface area contributed by atoms with Crippen molar-refractivity contribution >= 4 is 12.0 Å². The Morgan fingerprint density at radius 3 is 2.76 bits per heavy atom. The molecule has 2 aromatic rings. The highest BCUT2D eigenvalue weighted by molar-refractivity contribution is 5.79. The summed E-state index contributed by atoms with van der Waals surface area (Å²) in [5.74, 6) is -0.834. The Kier molecular flexibility index (Phi) is 4.28. The molecule has 4 aliphatic rings. The normalized spacial score (nSPS) is 41.4. The average Bonchev–Trinajstić information content (AvgIpc) is 3.30. The molecule has 2 heterocycles. The highest BCUT2D eigenvalue weighted by Crippen LogP contribution is 2.67. The molecule has 1 unspecified atom stereocenters. The summed E-state index contributed by atoms with van der Waals surface area (Å²) in [4.78, 5) is 12.0. The lowest BCUT2D eigenvalue weighted by Crippen LogP contribution is -2.61. The molecule has 3 saturated carbocycles. The molecule has 0 aromatic carbocycles. The van der Waals surface area contributed by atoms with E-state index < -0.39 is 23.1 Å². The summed E-state index contributed by atoms with van der Waals surface area (Å²) in [5, 5.41) is 44.9. The fourth-order valence-corrected chi connectivity index (χ4v) is 8.16. The number of carbonyl (C=O) groups is 1. The van der Waals surface area contributed by atoms with Gasteiger partial charge in [-0.2, -0.15) is 15.3 Å². The third-order valence-corrected chi connectivity index (χ3v) is 9.74. The summed E-state index contributed by atoms with van der Waals surface area (Å²) in [6.45, 7) is 4.14. The minimum absolute atomic E-state index is 0.0332. The van der Waals surface area contributed by atoms with Crippen LogP contribution in [0.15, 0.2) is 30.2 Å². The Hall–Kier alpha value is -2.58. The molecular formula is C25H30N4O4. The molecule has 0 bridgehead atoms. The predicted molar refractivity (Wildman–Crippen MR) is 119 cm³/mol. The number of aliphatic carboxylic acids is 1. The number of carboxylic acids is 1. The molecule has 33 heavy (non-hydrogen) atoms. The van der Waals surface area contributed by atoms with Crippen LogP contribution in [-0.2, 0) is 11.2 Å². The molecule has 7 atom stereocenters. The van der Waals surface area contributed by atoms with Crippen molar-refractivity contribution in [2.45, 2.75) is 64.1 Å². The first-order valence-electron chi connectivity index (χ1n) is 11.9. The second-order valence-corrected chi connectivity index (χ2v) is 11.1. The molecule has 0 amide bonds. The Bertz CT molecular complexity index is 1160. The molecule has 8 nitrogen and oxygen atoms in total. The Morgan fingerprint density at radius 1 is 1.21 bits per heavy atom. The molecule has 3 fully saturated rings. The van der Waals surface area contributed by atoms with Crippen LogP contribution in [0.5, 0.6) is 0 Å². The smallest absolute Gasteiger partial charge is 0.336 e. The first kappa shape index (κ1) is 21.0. The van der Waals surface area contributed by atoms with Gasteiger partial charge in [-0.15, -0.1) is 0 Å². The van der Waals surface area contributed by atoms with Gasteiger partial charge in [-0.25, -0.2) is 9.48 Å². The summed E-state index contributed by atoms with van der Waals surface area (Å²) in [5.41, 5.74) is 1.61. The summed E-state index contributed by atoms with van der Waals surface area (Å²) in [7, 11) is 0. The van der Waals surface area contributed by atoms with Crippen LogP contribution in [0.2, 0.25) is 0 Å². The van der Waals surface area contributed by atoms with E-state index in [9.17, 15) is 20.1 Å². The summed E-state index contributed by atoms with van der Waals surface area (Å²) < 4.78 is 1.90. The van der Waals surface area contributed by atoms with Crippen LogP contribution in [0.25, 0.3) is 11.8 Å². The molecule has 4 aliphatic carbocycles. The van der Waals surface area contributed by atoms with E-state index in [1.165, 1.54) is 5.57 Å². The summed E-state index contributed by atoms with van der Waals surface area (Å²) in [6.07, 6.45) is 10.7. The van der Waals surface area contributed by atoms with Crippen molar-refractivity contribution < 1.29 is 20.1 Å². The third kappa shape index (κ3) is 2.59. The van der Waals surface area contributed by atoms with E-state index in [0.29, 0.717) is 12.8 Å². The fourth-order valence-electron chi connectivity index (χ4n) is 8.16. The summed E-state index contributed by atoms with van der Waals surface area (Å²) >= 11 is 0. The average molecular weight is 451 g/mol. The number of aliphatic hydroxyl groups is 2. The monoisotopic (exact) mass is 450 g/mol. The van der Waals surface area contributed by atoms with Crippen LogP contribution in [0.1, 0.15) is 57.2 Å². The van der Waals surface area contributed by atoms with Gasteiger partial charge in [0.05, 0.1) is 36.1 Å². The number of fused-ring (bicyclic) bond motifs is 6. The molecule has 0 saturated heterocycles. The molecule has 0 radical (unpaired) electrons. The van der Waals surface area contributed by atoms with Crippen molar-refractivity contribution in [1.29, 1.82) is 0 Å². The second kappa shape index (κ2) is 6.73. The van der Waals surface area contributed by atoms with Crippen LogP contribution >= 0.6 is 0 Å². The van der Waals surface area contributed by atoms with E-state index in [-0.39, 0.29) is 29.6 Å². The largest absolute Gasteiger partial charge is 0.479 e. The van der Waals surface area contributed by atoms with Gasteiger partial charge >= 0.3 is 5.97 Å². The van der Waals surface area contributed by atoms with Gasteiger partial charge in [-0.05, 0) is 79.4 Å². The molecule has 0 aliphatic heterocycles. The second-order valence-electron chi connectivity index (χ2n) is 11.1. The lowest BCUT2D eigenvalue weighted by Gasteiger charge is -2.60. The first-order valence-corrected chi connectivity index (χ1v) is 11.9. The minimum Gasteiger partial charge on any atom is -0.479 e. The van der Waals surface area contributed by atoms with Crippen molar-refractivity contribution in [3.05, 3.63) is 41.5 Å². The topological polar surface area (TPSA) is 121 Å². The zero-order chi connectivity index (χ0) is 23.2. The van der Waals surface area contributed by atoms with Crippen molar-refractivity contribution in [1.82, 2.24) is 20.0 Å². The fraction of sp³-hybridized carbons (Fsp3) is 0.600. The van der Waals surface area contributed by atoms with Crippen LogP contribution in [0.3, 0.4) is 0 Å². The third-order valence-electron chi connectivity index (χ3n) is 9.74. The van der Waals surface area contributed by atoms with Crippen molar-refractivity contribution in [2.24, 2.45) is 28.6 Å². The number of hydrogen-bond acceptors (Lipinski definition) is 6. The zero-order valence-corrected chi connectivity index (χ0v) is 19.0. The van der Waals surface area contributed by atoms with Gasteiger partial charge < -0.3 is 15.3 Å². The van der Waals surface area contributed by atoms with Gasteiger partial charge in [0.2, 0.25) is 0 Å². The van der Waals surface area contributed by atoms with Crippen molar-refractivity contribution in [3.63, 3.8) is 0 Å². The van der Waals surface area contributed by atoms with Crippen molar-refractivity contribution in [3.8, 4) is 5.69 Å². The number of rotatable bonds is 2. The van der Waals surface area contributed by atoms with Crippen LogP contribution in [-0.4, -0.2) is 53.0 Å². The number of aliphatic hydroxyl groups excluding tert-OH is 1. The quantitative estimate of drug-likeness (QED) is 0.643. The summed E-state index contributed by atoms with van der Waals surface area (Å²) in [6, 6.07) is 1.89. The Morgan fingerprint density at radius 2 is 2.03 bits per heavy atom. The number of hydrogen-bond donors (Lipinski definition) is 3. The Labute approximate surface area is 192 Å². The lowest BCUT2D eigenvalue weighted by molar-refractivity contribution is -0.193. The van der Waals surface area contributed by atoms with Gasteiger partial charge in [-0.3, -0.25) is 0 Å². The maximum atomic E-state index is 12.0. The zero-order valence-electron chi connectivity index (χ0n) is 19.0. The highest BCUT2D eigenvalue weighted by atomic mass is 16.4. The Balaban J connectivity index is 1.39. The lowest BCUT2D eigenvalue weighted by atomic mass is 9.45. The molecule has 2 aromatic heterocycles. The number of nitrogens with zero attached hydrogens (tertiary/aromatic N) is 4. The predicted octanol–water partition coefficient (Wildman–Crippen LogP) is 2.63. The number of allylic oxidation sites excluding steroid dienone is 1. The minimum atomic E-state index is -1.76. The van der Waals surface area contributed by atoms with E-state index in [2.05, 4.69) is 28.3 Å². The number of carboxylic acid groups (broad SMARTS) is 1. The van der Waals surface area contributed by atoms with Gasteiger partial charge in [0.15, 0.2) is 5.60 Å².